The lowest BCUT2D eigenvalue weighted by Gasteiger charge is -2.15. The zero-order valence-electron chi connectivity index (χ0n) is 18.4. The highest BCUT2D eigenvalue weighted by molar-refractivity contribution is 7.90. The average Bonchev–Trinajstić information content (AvgIpc) is 2.76. The molecule has 35 heavy (non-hydrogen) atoms. The summed E-state index contributed by atoms with van der Waals surface area (Å²) in [5.74, 6) is -1.02. The Kier molecular flexibility index (Phi) is 10.6. The first-order valence-electron chi connectivity index (χ1n) is 8.87. The van der Waals surface area contributed by atoms with Crippen molar-refractivity contribution in [2.45, 2.75) is 4.90 Å². The van der Waals surface area contributed by atoms with Gasteiger partial charge in [-0.05, 0) is 29.3 Å². The van der Waals surface area contributed by atoms with Gasteiger partial charge in [0.2, 0.25) is 17.7 Å². The van der Waals surface area contributed by atoms with E-state index >= 15 is 0 Å². The number of benzene rings is 1. The van der Waals surface area contributed by atoms with E-state index in [1.165, 1.54) is 34.4 Å². The molecule has 190 valence electrons. The van der Waals surface area contributed by atoms with E-state index in [9.17, 15) is 28.1 Å². The number of nitrogens with zero attached hydrogens (tertiary/aromatic N) is 4. The number of halogens is 2. The van der Waals surface area contributed by atoms with Crippen molar-refractivity contribution in [3.63, 3.8) is 0 Å². The van der Waals surface area contributed by atoms with Gasteiger partial charge in [0.05, 0.1) is 30.8 Å². The molecule has 2 aromatic rings. The average molecular weight is 553 g/mol. The quantitative estimate of drug-likeness (QED) is 0.289. The molecule has 18 heteroatoms. The van der Waals surface area contributed by atoms with Crippen molar-refractivity contribution < 1.29 is 37.2 Å². The molecule has 0 atom stereocenters. The Morgan fingerprint density at radius 3 is 2.00 bits per heavy atom. The molecule has 3 amide bonds. The van der Waals surface area contributed by atoms with Crippen LogP contribution in [-0.4, -0.2) is 73.2 Å². The van der Waals surface area contributed by atoms with Crippen LogP contribution in [0.1, 0.15) is 10.4 Å². The van der Waals surface area contributed by atoms with Crippen LogP contribution in [0.2, 0.25) is 0 Å². The summed E-state index contributed by atoms with van der Waals surface area (Å²) in [6.45, 7) is 0. The van der Waals surface area contributed by atoms with E-state index in [0.717, 1.165) is 17.0 Å². The Morgan fingerprint density at radius 1 is 1.06 bits per heavy atom. The lowest BCUT2D eigenvalue weighted by molar-refractivity contribution is -0.385. The maximum atomic E-state index is 12.7. The summed E-state index contributed by atoms with van der Waals surface area (Å²) in [4.78, 5) is 51.7. The Bertz CT molecular complexity index is 1210. The SMILES string of the molecule is COc1cc(OC)nc(NC(=O)NS(=O)(=O)c2cc([N+](=O)[O-])ccc2C(=O)N(C)C)n1.O=C(Cl)Cl. The number of carbonyl (C=O) groups excluding carboxylic acids is 3. The standard InChI is InChI=1S/C16H18N6O8S.CCl2O/c1-21(2)14(23)10-6-5-9(22(25)26)7-11(10)31(27,28)20-16(24)19-15-17-12(29-3)8-13(18-15)30-4;2-1(3)4/h5-8H,1-4H3,(H2,17,18,19,20,24);. The van der Waals surface area contributed by atoms with Gasteiger partial charge in [0.1, 0.15) is 4.90 Å². The van der Waals surface area contributed by atoms with Crippen LogP contribution in [-0.2, 0) is 10.0 Å². The number of nitrogens with one attached hydrogen (secondary N) is 2. The molecule has 15 nitrogen and oxygen atoms in total. The molecule has 0 aliphatic rings. The van der Waals surface area contributed by atoms with Crippen molar-refractivity contribution in [3.8, 4) is 11.8 Å². The molecule has 1 aromatic carbocycles. The van der Waals surface area contributed by atoms with Crippen LogP contribution in [0.5, 0.6) is 11.8 Å². The molecule has 1 aromatic heterocycles. The minimum absolute atomic E-state index is 0.0301. The van der Waals surface area contributed by atoms with E-state index in [2.05, 4.69) is 38.5 Å². The van der Waals surface area contributed by atoms with E-state index in [1.54, 1.807) is 4.72 Å². The van der Waals surface area contributed by atoms with Gasteiger partial charge in [0, 0.05) is 26.2 Å². The van der Waals surface area contributed by atoms with E-state index in [0.29, 0.717) is 6.07 Å². The molecule has 0 saturated carbocycles. The number of urea groups is 1. The van der Waals surface area contributed by atoms with Crippen LogP contribution in [0.4, 0.5) is 21.2 Å². The molecule has 0 saturated heterocycles. The molecular weight excluding hydrogens is 535 g/mol. The van der Waals surface area contributed by atoms with Gasteiger partial charge in [0.15, 0.2) is 0 Å². The number of amides is 3. The number of carbonyl (C=O) groups is 3. The molecule has 2 N–H and O–H groups in total. The second-order valence-corrected chi connectivity index (χ2v) is 8.73. The highest BCUT2D eigenvalue weighted by atomic mass is 35.5. The third-order valence-corrected chi connectivity index (χ3v) is 5.02. The van der Waals surface area contributed by atoms with Gasteiger partial charge in [-0.25, -0.2) is 17.9 Å². The number of hydrogen-bond acceptors (Lipinski definition) is 11. The smallest absolute Gasteiger partial charge is 0.335 e. The van der Waals surface area contributed by atoms with Crippen LogP contribution >= 0.6 is 23.2 Å². The summed E-state index contributed by atoms with van der Waals surface area (Å²) < 4.78 is 36.1. The topological polar surface area (TPSA) is 200 Å². The number of ether oxygens (including phenoxy) is 2. The minimum Gasteiger partial charge on any atom is -0.481 e. The fourth-order valence-electron chi connectivity index (χ4n) is 2.24. The normalized spacial score (nSPS) is 10.2. The minimum atomic E-state index is -4.71. The first-order chi connectivity index (χ1) is 16.2. The van der Waals surface area contributed by atoms with Gasteiger partial charge in [0.25, 0.3) is 21.6 Å². The maximum Gasteiger partial charge on any atom is 0.335 e. The molecule has 0 aliphatic carbocycles. The second-order valence-electron chi connectivity index (χ2n) is 6.20. The van der Waals surface area contributed by atoms with Crippen LogP contribution in [0.3, 0.4) is 0 Å². The number of non-ortho nitro benzene ring substituents is 1. The van der Waals surface area contributed by atoms with E-state index in [4.69, 9.17) is 14.3 Å². The van der Waals surface area contributed by atoms with E-state index in [1.807, 2.05) is 0 Å². The van der Waals surface area contributed by atoms with Crippen molar-refractivity contribution in [2.24, 2.45) is 0 Å². The van der Waals surface area contributed by atoms with Crippen LogP contribution in [0.25, 0.3) is 0 Å². The number of rotatable bonds is 7. The number of anilines is 1. The third kappa shape index (κ3) is 8.84. The van der Waals surface area contributed by atoms with Gasteiger partial charge in [-0.3, -0.25) is 25.0 Å². The zero-order chi connectivity index (χ0) is 26.9. The van der Waals surface area contributed by atoms with Crippen LogP contribution < -0.4 is 19.5 Å². The largest absolute Gasteiger partial charge is 0.481 e. The number of hydrogen-bond donors (Lipinski definition) is 2. The number of nitro benzene ring substituents is 1. The lowest BCUT2D eigenvalue weighted by Crippen LogP contribution is -2.36. The van der Waals surface area contributed by atoms with E-state index < -0.39 is 42.2 Å². The Labute approximate surface area is 208 Å². The van der Waals surface area contributed by atoms with Crippen molar-refractivity contribution in [1.29, 1.82) is 0 Å². The fraction of sp³-hybridized carbons (Fsp3) is 0.235. The predicted octanol–water partition coefficient (Wildman–Crippen LogP) is 2.20. The van der Waals surface area contributed by atoms with Gasteiger partial charge in [-0.1, -0.05) is 0 Å². The summed E-state index contributed by atoms with van der Waals surface area (Å²) in [6.07, 6.45) is 0. The number of aromatic nitrogens is 2. The van der Waals surface area contributed by atoms with Crippen LogP contribution in [0, 0.1) is 10.1 Å². The number of methoxy groups -OCH3 is 2. The molecule has 2 rings (SSSR count). The second kappa shape index (κ2) is 12.6. The number of nitro groups is 1. The van der Waals surface area contributed by atoms with Gasteiger partial charge in [-0.15, -0.1) is 0 Å². The molecule has 0 aliphatic heterocycles. The molecule has 0 bridgehead atoms. The molecular formula is C17H18Cl2N6O9S. The lowest BCUT2D eigenvalue weighted by atomic mass is 10.2. The molecule has 0 radical (unpaired) electrons. The monoisotopic (exact) mass is 552 g/mol. The van der Waals surface area contributed by atoms with Gasteiger partial charge >= 0.3 is 10.7 Å². The van der Waals surface area contributed by atoms with Crippen molar-refractivity contribution in [3.05, 3.63) is 39.9 Å². The van der Waals surface area contributed by atoms with Gasteiger partial charge in [-0.2, -0.15) is 9.97 Å². The summed E-state index contributed by atoms with van der Waals surface area (Å²) in [7, 11) is 0.644. The molecule has 0 unspecified atom stereocenters. The molecule has 0 spiro atoms. The predicted molar refractivity (Wildman–Crippen MR) is 123 cm³/mol. The Balaban J connectivity index is 0.00000142. The highest BCUT2D eigenvalue weighted by Gasteiger charge is 2.28. The van der Waals surface area contributed by atoms with E-state index in [-0.39, 0.29) is 23.3 Å². The Hall–Kier alpha value is -3.76. The summed E-state index contributed by atoms with van der Waals surface area (Å²) in [5.41, 5.74) is -0.952. The summed E-state index contributed by atoms with van der Waals surface area (Å²) in [6, 6.07) is 2.68. The summed E-state index contributed by atoms with van der Waals surface area (Å²) >= 11 is 8.80. The first-order valence-corrected chi connectivity index (χ1v) is 11.1. The van der Waals surface area contributed by atoms with Crippen molar-refractivity contribution in [2.75, 3.05) is 33.6 Å². The van der Waals surface area contributed by atoms with Crippen molar-refractivity contribution in [1.82, 2.24) is 19.6 Å². The number of sulfonamides is 1. The van der Waals surface area contributed by atoms with Crippen molar-refractivity contribution >= 4 is 61.5 Å². The molecule has 0 fully saturated rings. The maximum absolute atomic E-state index is 12.7. The Morgan fingerprint density at radius 2 is 1.57 bits per heavy atom. The van der Waals surface area contributed by atoms with Crippen LogP contribution in [0.15, 0.2) is 29.2 Å². The fourth-order valence-corrected chi connectivity index (χ4v) is 3.36. The third-order valence-electron chi connectivity index (χ3n) is 3.65. The molecule has 1 heterocycles. The van der Waals surface area contributed by atoms with Gasteiger partial charge < -0.3 is 14.4 Å². The first kappa shape index (κ1) is 29.3. The highest BCUT2D eigenvalue weighted by Crippen LogP contribution is 2.23. The zero-order valence-corrected chi connectivity index (χ0v) is 20.8. The summed E-state index contributed by atoms with van der Waals surface area (Å²) in [5, 5.41) is 13.1.